The van der Waals surface area contributed by atoms with Gasteiger partial charge in [0.1, 0.15) is 11.5 Å². The lowest BCUT2D eigenvalue weighted by atomic mass is 9.95. The van der Waals surface area contributed by atoms with Crippen LogP contribution in [0.15, 0.2) is 54.9 Å². The first-order valence-corrected chi connectivity index (χ1v) is 11.9. The topological polar surface area (TPSA) is 94.5 Å². The van der Waals surface area contributed by atoms with Crippen molar-refractivity contribution < 1.29 is 8.78 Å². The van der Waals surface area contributed by atoms with Gasteiger partial charge in [0.25, 0.3) is 0 Å². The molecule has 3 aromatic heterocycles. The molecule has 1 atom stereocenters. The summed E-state index contributed by atoms with van der Waals surface area (Å²) in [5.74, 6) is -0.533. The molecule has 0 fully saturated rings. The Bertz CT molecular complexity index is 1510. The largest absolute Gasteiger partial charge is 0.352 e. The van der Waals surface area contributed by atoms with Crippen LogP contribution in [0.4, 0.5) is 14.7 Å². The van der Waals surface area contributed by atoms with Crippen LogP contribution >= 0.6 is 11.3 Å². The van der Waals surface area contributed by atoms with Crippen molar-refractivity contribution in [3.8, 4) is 21.7 Å². The summed E-state index contributed by atoms with van der Waals surface area (Å²) in [4.78, 5) is 9.15. The zero-order valence-corrected chi connectivity index (χ0v) is 20.0. The second kappa shape index (κ2) is 9.47. The van der Waals surface area contributed by atoms with Crippen LogP contribution in [0.3, 0.4) is 0 Å². The summed E-state index contributed by atoms with van der Waals surface area (Å²) in [5, 5.41) is 12.0. The molecule has 35 heavy (non-hydrogen) atoms. The molecule has 0 aliphatic carbocycles. The van der Waals surface area contributed by atoms with Crippen LogP contribution in [-0.2, 0) is 6.54 Å². The van der Waals surface area contributed by atoms with Gasteiger partial charge in [-0.2, -0.15) is 0 Å². The SMILES string of the molecule is Cc1cn(CCNc2ncc(F)c(-c3cc4cccc(-c5cc(F)ccc5[C@@H](C)N)c4s3)n2)nn1. The van der Waals surface area contributed by atoms with E-state index in [1.165, 1.54) is 23.5 Å². The van der Waals surface area contributed by atoms with E-state index in [-0.39, 0.29) is 17.6 Å². The van der Waals surface area contributed by atoms with Gasteiger partial charge < -0.3 is 11.1 Å². The number of rotatable bonds is 7. The first kappa shape index (κ1) is 23.0. The summed E-state index contributed by atoms with van der Waals surface area (Å²) in [6.07, 6.45) is 3.00. The Labute approximate surface area is 204 Å². The van der Waals surface area contributed by atoms with E-state index in [2.05, 4.69) is 25.6 Å². The molecule has 3 N–H and O–H groups in total. The van der Waals surface area contributed by atoms with Crippen LogP contribution in [0.5, 0.6) is 0 Å². The average Bonchev–Trinajstić information content (AvgIpc) is 3.45. The molecule has 0 bridgehead atoms. The van der Waals surface area contributed by atoms with Gasteiger partial charge >= 0.3 is 0 Å². The highest BCUT2D eigenvalue weighted by atomic mass is 32.1. The van der Waals surface area contributed by atoms with Crippen LogP contribution in [-0.4, -0.2) is 31.5 Å². The Morgan fingerprint density at radius 1 is 1.14 bits per heavy atom. The Kier molecular flexibility index (Phi) is 6.23. The lowest BCUT2D eigenvalue weighted by molar-refractivity contribution is 0.604. The molecule has 0 saturated carbocycles. The molecule has 0 saturated heterocycles. The molecule has 0 amide bonds. The predicted octanol–water partition coefficient (Wildman–Crippen LogP) is 5.34. The Morgan fingerprint density at radius 3 is 2.77 bits per heavy atom. The van der Waals surface area contributed by atoms with Gasteiger partial charge in [0.05, 0.1) is 23.3 Å². The number of aryl methyl sites for hydroxylation is 1. The fourth-order valence-electron chi connectivity index (χ4n) is 3.96. The van der Waals surface area contributed by atoms with Gasteiger partial charge in [-0.1, -0.05) is 29.5 Å². The van der Waals surface area contributed by atoms with Crippen LogP contribution < -0.4 is 11.1 Å². The minimum absolute atomic E-state index is 0.206. The zero-order chi connectivity index (χ0) is 24.5. The number of benzene rings is 2. The van der Waals surface area contributed by atoms with E-state index in [4.69, 9.17) is 5.73 Å². The molecule has 2 aromatic carbocycles. The lowest BCUT2D eigenvalue weighted by Crippen LogP contribution is -2.13. The summed E-state index contributed by atoms with van der Waals surface area (Å²) in [6, 6.07) is 12.0. The van der Waals surface area contributed by atoms with Gasteiger partial charge in [0, 0.05) is 23.5 Å². The summed E-state index contributed by atoms with van der Waals surface area (Å²) in [5.41, 5.74) is 9.62. The molecule has 0 spiro atoms. The molecule has 7 nitrogen and oxygen atoms in total. The monoisotopic (exact) mass is 491 g/mol. The van der Waals surface area contributed by atoms with Crippen molar-refractivity contribution in [2.75, 3.05) is 11.9 Å². The third-order valence-electron chi connectivity index (χ3n) is 5.59. The van der Waals surface area contributed by atoms with Crippen LogP contribution in [0.2, 0.25) is 0 Å². The number of nitrogens with zero attached hydrogens (tertiary/aromatic N) is 5. The zero-order valence-electron chi connectivity index (χ0n) is 19.2. The predicted molar refractivity (Wildman–Crippen MR) is 134 cm³/mol. The number of thiophene rings is 1. The Hall–Kier alpha value is -3.76. The number of hydrogen-bond donors (Lipinski definition) is 2. The van der Waals surface area contributed by atoms with E-state index in [1.54, 1.807) is 10.7 Å². The van der Waals surface area contributed by atoms with Crippen molar-refractivity contribution in [1.29, 1.82) is 0 Å². The van der Waals surface area contributed by atoms with Crippen LogP contribution in [0.25, 0.3) is 31.8 Å². The van der Waals surface area contributed by atoms with Crippen LogP contribution in [0.1, 0.15) is 24.2 Å². The summed E-state index contributed by atoms with van der Waals surface area (Å²) in [6.45, 7) is 4.81. The van der Waals surface area contributed by atoms with Crippen molar-refractivity contribution in [3.63, 3.8) is 0 Å². The van der Waals surface area contributed by atoms with E-state index >= 15 is 0 Å². The smallest absolute Gasteiger partial charge is 0.223 e. The third-order valence-corrected chi connectivity index (χ3v) is 6.79. The van der Waals surface area contributed by atoms with Gasteiger partial charge in [-0.05, 0) is 54.1 Å². The van der Waals surface area contributed by atoms with Gasteiger partial charge in [0.2, 0.25) is 5.95 Å². The highest BCUT2D eigenvalue weighted by Gasteiger charge is 2.17. The van der Waals surface area contributed by atoms with Crippen molar-refractivity contribution in [3.05, 3.63) is 77.8 Å². The molecule has 5 rings (SSSR count). The van der Waals surface area contributed by atoms with Crippen LogP contribution in [0, 0.1) is 18.6 Å². The average molecular weight is 492 g/mol. The van der Waals surface area contributed by atoms with Crippen molar-refractivity contribution in [1.82, 2.24) is 25.0 Å². The Morgan fingerprint density at radius 2 is 2.00 bits per heavy atom. The van der Waals surface area contributed by atoms with Gasteiger partial charge in [-0.25, -0.2) is 18.7 Å². The van der Waals surface area contributed by atoms with E-state index in [9.17, 15) is 8.78 Å². The molecule has 0 radical (unpaired) electrons. The molecule has 0 aliphatic rings. The Balaban J connectivity index is 1.48. The molecule has 178 valence electrons. The molecule has 3 heterocycles. The summed E-state index contributed by atoms with van der Waals surface area (Å²) < 4.78 is 31.6. The molecule has 0 unspecified atom stereocenters. The number of aromatic nitrogens is 5. The standard InChI is InChI=1S/C25H23F2N7S/c1-14-13-34(33-32-14)9-8-29-25-30-12-21(27)23(31-25)22-10-16-4-3-5-19(24(16)35-22)20-11-17(26)6-7-18(20)15(2)28/h3-7,10-13,15H,8-9,28H2,1-2H3,(H,29,30,31)/t15-/m1/s1. The number of hydrogen-bond acceptors (Lipinski definition) is 7. The fourth-order valence-corrected chi connectivity index (χ4v) is 5.14. The minimum Gasteiger partial charge on any atom is -0.352 e. The molecule has 5 aromatic rings. The maximum Gasteiger partial charge on any atom is 0.223 e. The first-order chi connectivity index (χ1) is 16.9. The van der Waals surface area contributed by atoms with Crippen molar-refractivity contribution in [2.45, 2.75) is 26.4 Å². The van der Waals surface area contributed by atoms with Gasteiger partial charge in [-0.15, -0.1) is 16.4 Å². The fraction of sp³-hybridized carbons (Fsp3) is 0.200. The number of halogens is 2. The minimum atomic E-state index is -0.516. The van der Waals surface area contributed by atoms with E-state index in [1.807, 2.05) is 44.3 Å². The summed E-state index contributed by atoms with van der Waals surface area (Å²) in [7, 11) is 0. The lowest BCUT2D eigenvalue weighted by Gasteiger charge is -2.14. The number of nitrogens with one attached hydrogen (secondary N) is 1. The third kappa shape index (κ3) is 4.75. The van der Waals surface area contributed by atoms with Gasteiger partial charge in [-0.3, -0.25) is 4.68 Å². The quantitative estimate of drug-likeness (QED) is 0.319. The van der Waals surface area contributed by atoms with Gasteiger partial charge in [0.15, 0.2) is 5.82 Å². The molecule has 0 aliphatic heterocycles. The van der Waals surface area contributed by atoms with E-state index in [0.717, 1.165) is 38.7 Å². The maximum absolute atomic E-state index is 14.8. The van der Waals surface area contributed by atoms with Crippen molar-refractivity contribution in [2.24, 2.45) is 5.73 Å². The number of anilines is 1. The van der Waals surface area contributed by atoms with Crippen molar-refractivity contribution >= 4 is 27.4 Å². The van der Waals surface area contributed by atoms with E-state index in [0.29, 0.717) is 23.9 Å². The number of fused-ring (bicyclic) bond motifs is 1. The highest BCUT2D eigenvalue weighted by Crippen LogP contribution is 2.41. The second-order valence-corrected chi connectivity index (χ2v) is 9.35. The normalized spacial score (nSPS) is 12.3. The second-order valence-electron chi connectivity index (χ2n) is 8.29. The summed E-state index contributed by atoms with van der Waals surface area (Å²) >= 11 is 1.40. The highest BCUT2D eigenvalue weighted by molar-refractivity contribution is 7.22. The molecule has 10 heteroatoms. The number of nitrogens with two attached hydrogens (primary N) is 1. The molecular formula is C25H23F2N7S. The maximum atomic E-state index is 14.8. The first-order valence-electron chi connectivity index (χ1n) is 11.1. The van der Waals surface area contributed by atoms with E-state index < -0.39 is 5.82 Å². The molecular weight excluding hydrogens is 468 g/mol.